The molecule has 1 N–H and O–H groups in total. The largest absolute Gasteiger partial charge is 0.352 e. The lowest BCUT2D eigenvalue weighted by Crippen LogP contribution is -2.50. The summed E-state index contributed by atoms with van der Waals surface area (Å²) in [5.41, 5.74) is 0.705. The van der Waals surface area contributed by atoms with Crippen LogP contribution in [0.4, 0.5) is 0 Å². The first-order valence-electron chi connectivity index (χ1n) is 7.11. The van der Waals surface area contributed by atoms with Gasteiger partial charge in [-0.15, -0.1) is 0 Å². The molecule has 0 aliphatic carbocycles. The number of carbonyl (C=O) groups excluding carboxylic acids is 3. The zero-order valence-electron chi connectivity index (χ0n) is 12.3. The van der Waals surface area contributed by atoms with Crippen molar-refractivity contribution in [2.45, 2.75) is 6.42 Å². The molecule has 1 aromatic rings. The molecular weight excluding hydrogens is 302 g/mol. The molecule has 0 radical (unpaired) electrons. The standard InChI is InChI=1S/C15H19N3O3S/c1-2-13(19)16-5-3-14(20)17-6-8-18(9-7-17)15(21)12-4-10-22-11-12/h2,4,10-11H,1,3,5-9H2,(H,16,19). The Morgan fingerprint density at radius 3 is 2.50 bits per heavy atom. The zero-order valence-corrected chi connectivity index (χ0v) is 13.1. The van der Waals surface area contributed by atoms with E-state index in [0.29, 0.717) is 38.3 Å². The number of nitrogens with zero attached hydrogens (tertiary/aromatic N) is 2. The zero-order chi connectivity index (χ0) is 15.9. The fraction of sp³-hybridized carbons (Fsp3) is 0.400. The molecule has 0 spiro atoms. The Kier molecular flexibility index (Phi) is 5.71. The van der Waals surface area contributed by atoms with E-state index < -0.39 is 0 Å². The van der Waals surface area contributed by atoms with Crippen LogP contribution in [-0.2, 0) is 9.59 Å². The SMILES string of the molecule is C=CC(=O)NCCC(=O)N1CCN(C(=O)c2ccsc2)CC1. The van der Waals surface area contributed by atoms with Crippen molar-refractivity contribution in [2.24, 2.45) is 0 Å². The van der Waals surface area contributed by atoms with E-state index in [1.807, 2.05) is 16.8 Å². The summed E-state index contributed by atoms with van der Waals surface area (Å²) < 4.78 is 0. The summed E-state index contributed by atoms with van der Waals surface area (Å²) in [6.45, 7) is 5.80. The summed E-state index contributed by atoms with van der Waals surface area (Å²) >= 11 is 1.50. The van der Waals surface area contributed by atoms with Crippen LogP contribution in [0.1, 0.15) is 16.8 Å². The van der Waals surface area contributed by atoms with Crippen LogP contribution in [-0.4, -0.2) is 60.2 Å². The molecule has 1 fully saturated rings. The second kappa shape index (κ2) is 7.74. The molecule has 3 amide bonds. The van der Waals surface area contributed by atoms with Crippen LogP contribution >= 0.6 is 11.3 Å². The van der Waals surface area contributed by atoms with E-state index in [9.17, 15) is 14.4 Å². The van der Waals surface area contributed by atoms with Gasteiger partial charge in [-0.2, -0.15) is 11.3 Å². The molecule has 1 aromatic heterocycles. The number of rotatable bonds is 5. The Bertz CT molecular complexity index is 548. The lowest BCUT2D eigenvalue weighted by molar-refractivity contribution is -0.132. The molecule has 0 unspecified atom stereocenters. The van der Waals surface area contributed by atoms with Crippen LogP contribution in [0, 0.1) is 0 Å². The van der Waals surface area contributed by atoms with Crippen molar-refractivity contribution in [1.82, 2.24) is 15.1 Å². The predicted molar refractivity (Wildman–Crippen MR) is 84.6 cm³/mol. The van der Waals surface area contributed by atoms with Gasteiger partial charge in [0.2, 0.25) is 11.8 Å². The van der Waals surface area contributed by atoms with Gasteiger partial charge < -0.3 is 15.1 Å². The van der Waals surface area contributed by atoms with E-state index in [2.05, 4.69) is 11.9 Å². The second-order valence-corrected chi connectivity index (χ2v) is 5.71. The fourth-order valence-corrected chi connectivity index (χ4v) is 2.88. The van der Waals surface area contributed by atoms with Crippen LogP contribution in [0.3, 0.4) is 0 Å². The van der Waals surface area contributed by atoms with Crippen LogP contribution in [0.15, 0.2) is 29.5 Å². The minimum Gasteiger partial charge on any atom is -0.352 e. The van der Waals surface area contributed by atoms with Crippen LogP contribution in [0.25, 0.3) is 0 Å². The molecule has 1 aliphatic rings. The molecular formula is C15H19N3O3S. The normalized spacial score (nSPS) is 14.5. The third-order valence-electron chi connectivity index (χ3n) is 3.51. The number of piperazine rings is 1. The lowest BCUT2D eigenvalue weighted by atomic mass is 10.2. The number of amides is 3. The first-order chi connectivity index (χ1) is 10.6. The molecule has 118 valence electrons. The minimum atomic E-state index is -0.279. The smallest absolute Gasteiger partial charge is 0.254 e. The molecule has 0 bridgehead atoms. The Balaban J connectivity index is 1.74. The maximum absolute atomic E-state index is 12.2. The van der Waals surface area contributed by atoms with Gasteiger partial charge in [0, 0.05) is 44.5 Å². The highest BCUT2D eigenvalue weighted by atomic mass is 32.1. The molecule has 1 saturated heterocycles. The lowest BCUT2D eigenvalue weighted by Gasteiger charge is -2.34. The quantitative estimate of drug-likeness (QED) is 0.813. The predicted octanol–water partition coefficient (Wildman–Crippen LogP) is 0.725. The van der Waals surface area contributed by atoms with E-state index in [4.69, 9.17) is 0 Å². The summed E-state index contributed by atoms with van der Waals surface area (Å²) in [6, 6.07) is 1.81. The van der Waals surface area contributed by atoms with Gasteiger partial charge in [0.05, 0.1) is 5.56 Å². The Labute approximate surface area is 133 Å². The first-order valence-corrected chi connectivity index (χ1v) is 8.05. The summed E-state index contributed by atoms with van der Waals surface area (Å²) in [5, 5.41) is 6.29. The summed E-state index contributed by atoms with van der Waals surface area (Å²) in [6.07, 6.45) is 1.44. The van der Waals surface area contributed by atoms with Gasteiger partial charge in [-0.3, -0.25) is 14.4 Å². The topological polar surface area (TPSA) is 69.7 Å². The molecule has 0 atom stereocenters. The number of hydrogen-bond acceptors (Lipinski definition) is 4. The monoisotopic (exact) mass is 321 g/mol. The van der Waals surface area contributed by atoms with Gasteiger partial charge >= 0.3 is 0 Å². The van der Waals surface area contributed by atoms with E-state index in [0.717, 1.165) is 0 Å². The molecule has 2 heterocycles. The Morgan fingerprint density at radius 2 is 1.91 bits per heavy atom. The van der Waals surface area contributed by atoms with Gasteiger partial charge in [-0.05, 0) is 17.5 Å². The van der Waals surface area contributed by atoms with Gasteiger partial charge in [-0.25, -0.2) is 0 Å². The third kappa shape index (κ3) is 4.17. The van der Waals surface area contributed by atoms with E-state index >= 15 is 0 Å². The van der Waals surface area contributed by atoms with Gasteiger partial charge in [0.1, 0.15) is 0 Å². The van der Waals surface area contributed by atoms with Crippen LogP contribution in [0.5, 0.6) is 0 Å². The maximum Gasteiger partial charge on any atom is 0.254 e. The number of thiophene rings is 1. The highest BCUT2D eigenvalue weighted by Gasteiger charge is 2.24. The van der Waals surface area contributed by atoms with Crippen molar-refractivity contribution in [3.63, 3.8) is 0 Å². The van der Waals surface area contributed by atoms with E-state index in [-0.39, 0.29) is 24.1 Å². The van der Waals surface area contributed by atoms with Crippen LogP contribution in [0.2, 0.25) is 0 Å². The van der Waals surface area contributed by atoms with E-state index in [1.54, 1.807) is 9.80 Å². The van der Waals surface area contributed by atoms with Crippen molar-refractivity contribution in [3.8, 4) is 0 Å². The minimum absolute atomic E-state index is 0.00741. The molecule has 22 heavy (non-hydrogen) atoms. The number of nitrogens with one attached hydrogen (secondary N) is 1. The molecule has 6 nitrogen and oxygen atoms in total. The van der Waals surface area contributed by atoms with Crippen molar-refractivity contribution in [2.75, 3.05) is 32.7 Å². The summed E-state index contributed by atoms with van der Waals surface area (Å²) in [5.74, 6) is -0.266. The van der Waals surface area contributed by atoms with Gasteiger partial charge in [-0.1, -0.05) is 6.58 Å². The highest BCUT2D eigenvalue weighted by Crippen LogP contribution is 2.12. The maximum atomic E-state index is 12.2. The molecule has 1 aliphatic heterocycles. The number of carbonyl (C=O) groups is 3. The average molecular weight is 321 g/mol. The van der Waals surface area contributed by atoms with Crippen molar-refractivity contribution >= 4 is 29.1 Å². The van der Waals surface area contributed by atoms with E-state index in [1.165, 1.54) is 17.4 Å². The Morgan fingerprint density at radius 1 is 1.23 bits per heavy atom. The molecule has 0 aromatic carbocycles. The van der Waals surface area contributed by atoms with Gasteiger partial charge in [0.25, 0.3) is 5.91 Å². The first kappa shape index (κ1) is 16.2. The number of hydrogen-bond donors (Lipinski definition) is 1. The summed E-state index contributed by atoms with van der Waals surface area (Å²) in [4.78, 5) is 38.7. The molecule has 0 saturated carbocycles. The average Bonchev–Trinajstić information content (AvgIpc) is 3.08. The third-order valence-corrected chi connectivity index (χ3v) is 4.19. The van der Waals surface area contributed by atoms with Crippen molar-refractivity contribution in [1.29, 1.82) is 0 Å². The second-order valence-electron chi connectivity index (χ2n) is 4.93. The Hall–Kier alpha value is -2.15. The van der Waals surface area contributed by atoms with Crippen LogP contribution < -0.4 is 5.32 Å². The van der Waals surface area contributed by atoms with Gasteiger partial charge in [0.15, 0.2) is 0 Å². The fourth-order valence-electron chi connectivity index (χ4n) is 2.25. The van der Waals surface area contributed by atoms with Crippen molar-refractivity contribution < 1.29 is 14.4 Å². The molecule has 7 heteroatoms. The van der Waals surface area contributed by atoms with Crippen molar-refractivity contribution in [3.05, 3.63) is 35.0 Å². The highest BCUT2D eigenvalue weighted by molar-refractivity contribution is 7.08. The summed E-state index contributed by atoms with van der Waals surface area (Å²) in [7, 11) is 0. The molecule has 2 rings (SSSR count).